The van der Waals surface area contributed by atoms with E-state index in [1.807, 2.05) is 6.07 Å². The van der Waals surface area contributed by atoms with Crippen LogP contribution in [0.15, 0.2) is 271 Å². The molecule has 14 aromatic rings. The maximum atomic E-state index is 6.64. The van der Waals surface area contributed by atoms with Gasteiger partial charge in [0, 0.05) is 49.6 Å². The van der Waals surface area contributed by atoms with Crippen LogP contribution in [0.5, 0.6) is 0 Å². The van der Waals surface area contributed by atoms with Gasteiger partial charge in [0.2, 0.25) is 0 Å². The lowest BCUT2D eigenvalue weighted by Crippen LogP contribution is -2.11. The molecule has 0 aliphatic heterocycles. The normalized spacial score (nSPS) is 11.7. The van der Waals surface area contributed by atoms with Gasteiger partial charge in [-0.25, -0.2) is 0 Å². The fourth-order valence-electron chi connectivity index (χ4n) is 11.0. The molecule has 332 valence electrons. The molecule has 0 atom stereocenters. The molecule has 0 saturated heterocycles. The summed E-state index contributed by atoms with van der Waals surface area (Å²) in [6, 6.07) is 96.6. The number of benzene rings is 12. The van der Waals surface area contributed by atoms with Gasteiger partial charge in [0.1, 0.15) is 11.2 Å². The summed E-state index contributed by atoms with van der Waals surface area (Å²) in [5.74, 6) is 0. The van der Waals surface area contributed by atoms with Crippen molar-refractivity contribution in [3.8, 4) is 50.2 Å². The van der Waals surface area contributed by atoms with E-state index in [1.54, 1.807) is 0 Å². The zero-order valence-corrected chi connectivity index (χ0v) is 38.7. The number of hydrogen-bond acceptors (Lipinski definition) is 2. The molecule has 3 nitrogen and oxygen atoms in total. The fourth-order valence-corrected chi connectivity index (χ4v) is 11.0. The first-order valence-electron chi connectivity index (χ1n) is 24.3. The lowest BCUT2D eigenvalue weighted by Gasteiger charge is -2.28. The van der Waals surface area contributed by atoms with Gasteiger partial charge in [-0.3, -0.25) is 0 Å². The maximum absolute atomic E-state index is 6.64. The summed E-state index contributed by atoms with van der Waals surface area (Å²) in [7, 11) is 0. The lowest BCUT2D eigenvalue weighted by atomic mass is 9.96. The molecule has 3 heteroatoms. The molecule has 2 heterocycles. The van der Waals surface area contributed by atoms with Gasteiger partial charge in [-0.2, -0.15) is 0 Å². The van der Waals surface area contributed by atoms with Crippen LogP contribution in [0, 0.1) is 0 Å². The minimum atomic E-state index is 0.886. The Morgan fingerprint density at radius 3 is 1.52 bits per heavy atom. The van der Waals surface area contributed by atoms with Crippen molar-refractivity contribution in [1.29, 1.82) is 0 Å². The molecule has 12 aromatic carbocycles. The van der Waals surface area contributed by atoms with Crippen molar-refractivity contribution in [2.45, 2.75) is 0 Å². The minimum Gasteiger partial charge on any atom is -0.455 e. The van der Waals surface area contributed by atoms with Crippen LogP contribution in [0.3, 0.4) is 0 Å². The Morgan fingerprint density at radius 2 is 0.789 bits per heavy atom. The second-order valence-corrected chi connectivity index (χ2v) is 18.4. The molecule has 0 bridgehead atoms. The fraction of sp³-hybridized carbons (Fsp3) is 0. The SMILES string of the molecule is c1ccc(N(c2ccc(-c3ccc(-c4ccccc4-n4c5ccccc5c5ccccc54)cc3)cc2)c2ccc(-c3ccc4c(ccc5ccccc54)c3)cc2)c(-c2cccc3c2oc2ccccc23)c1. The molecule has 0 unspecified atom stereocenters. The molecule has 0 saturated carbocycles. The van der Waals surface area contributed by atoms with E-state index >= 15 is 0 Å². The monoisotopic (exact) mass is 904 g/mol. The molecule has 0 spiro atoms. The van der Waals surface area contributed by atoms with E-state index in [1.165, 1.54) is 65.6 Å². The Balaban J connectivity index is 0.845. The first-order chi connectivity index (χ1) is 35.2. The van der Waals surface area contributed by atoms with Crippen LogP contribution in [0.1, 0.15) is 0 Å². The van der Waals surface area contributed by atoms with E-state index in [9.17, 15) is 0 Å². The molecular formula is C68H44N2O. The predicted molar refractivity (Wildman–Crippen MR) is 299 cm³/mol. The number of nitrogens with zero attached hydrogens (tertiary/aromatic N) is 2. The summed E-state index contributed by atoms with van der Waals surface area (Å²) in [5.41, 5.74) is 17.7. The van der Waals surface area contributed by atoms with Crippen molar-refractivity contribution in [3.63, 3.8) is 0 Å². The van der Waals surface area contributed by atoms with Crippen molar-refractivity contribution in [2.24, 2.45) is 0 Å². The van der Waals surface area contributed by atoms with E-state index in [0.29, 0.717) is 0 Å². The Bertz CT molecular complexity index is 4280. The van der Waals surface area contributed by atoms with Crippen LogP contribution in [-0.2, 0) is 0 Å². The highest BCUT2D eigenvalue weighted by Crippen LogP contribution is 2.45. The van der Waals surface area contributed by atoms with Gasteiger partial charge >= 0.3 is 0 Å². The topological polar surface area (TPSA) is 21.3 Å². The third-order valence-electron chi connectivity index (χ3n) is 14.4. The number of fused-ring (bicyclic) bond motifs is 9. The molecule has 0 amide bonds. The van der Waals surface area contributed by atoms with Crippen LogP contribution in [-0.4, -0.2) is 4.57 Å². The van der Waals surface area contributed by atoms with E-state index in [-0.39, 0.29) is 0 Å². The predicted octanol–water partition coefficient (Wildman–Crippen LogP) is 19.1. The first-order valence-corrected chi connectivity index (χ1v) is 24.3. The van der Waals surface area contributed by atoms with Crippen molar-refractivity contribution in [1.82, 2.24) is 4.57 Å². The first kappa shape index (κ1) is 40.6. The van der Waals surface area contributed by atoms with Crippen LogP contribution in [0.4, 0.5) is 17.1 Å². The molecule has 0 aliphatic carbocycles. The standard InChI is InChI=1S/C68H44N2O/c1-2-15-54-48(14-1)32-33-51-44-50(38-43-55(51)54)47-36-41-53(42-37-47)69(64-24-9-6-19-59(64)61-21-13-22-62-60-20-7-12-27-67(60)71-68(61)62)52-39-34-46(35-40-52)45-28-30-49(31-29-45)56-16-3-8-23-63(56)70-65-25-10-4-17-57(65)58-18-5-11-26-66(58)70/h1-44H. The zero-order valence-electron chi connectivity index (χ0n) is 38.7. The van der Waals surface area contributed by atoms with E-state index in [2.05, 4.69) is 270 Å². The van der Waals surface area contributed by atoms with Gasteiger partial charge in [0.25, 0.3) is 0 Å². The third kappa shape index (κ3) is 6.82. The van der Waals surface area contributed by atoms with Crippen molar-refractivity contribution >= 4 is 82.4 Å². The Hall–Kier alpha value is -9.44. The van der Waals surface area contributed by atoms with Gasteiger partial charge in [-0.15, -0.1) is 0 Å². The molecule has 71 heavy (non-hydrogen) atoms. The van der Waals surface area contributed by atoms with Crippen LogP contribution < -0.4 is 4.90 Å². The van der Waals surface area contributed by atoms with Gasteiger partial charge in [-0.1, -0.05) is 206 Å². The Labute approximate surface area is 411 Å². The molecule has 2 aromatic heterocycles. The highest BCUT2D eigenvalue weighted by Gasteiger charge is 2.21. The van der Waals surface area contributed by atoms with Gasteiger partial charge in [0.05, 0.1) is 22.4 Å². The van der Waals surface area contributed by atoms with E-state index in [0.717, 1.165) is 66.9 Å². The molecule has 0 aliphatic rings. The lowest BCUT2D eigenvalue weighted by molar-refractivity contribution is 0.670. The number of rotatable bonds is 8. The number of anilines is 3. The average molecular weight is 905 g/mol. The Morgan fingerprint density at radius 1 is 0.296 bits per heavy atom. The van der Waals surface area contributed by atoms with Crippen molar-refractivity contribution in [2.75, 3.05) is 4.90 Å². The highest BCUT2D eigenvalue weighted by atomic mass is 16.3. The summed E-state index contributed by atoms with van der Waals surface area (Å²) in [6.07, 6.45) is 0. The quantitative estimate of drug-likeness (QED) is 0.142. The zero-order chi connectivity index (χ0) is 46.8. The molecule has 0 fully saturated rings. The van der Waals surface area contributed by atoms with Crippen LogP contribution in [0.2, 0.25) is 0 Å². The van der Waals surface area contributed by atoms with Gasteiger partial charge in [0.15, 0.2) is 0 Å². The smallest absolute Gasteiger partial charge is 0.143 e. The van der Waals surface area contributed by atoms with Crippen LogP contribution in [0.25, 0.3) is 115 Å². The molecule has 14 rings (SSSR count). The largest absolute Gasteiger partial charge is 0.455 e. The Kier molecular flexibility index (Phi) is 9.53. The highest BCUT2D eigenvalue weighted by molar-refractivity contribution is 6.12. The second kappa shape index (κ2) is 16.7. The second-order valence-electron chi connectivity index (χ2n) is 18.4. The minimum absolute atomic E-state index is 0.886. The van der Waals surface area contributed by atoms with Crippen molar-refractivity contribution in [3.05, 3.63) is 267 Å². The summed E-state index contributed by atoms with van der Waals surface area (Å²) in [6.45, 7) is 0. The summed E-state index contributed by atoms with van der Waals surface area (Å²) >= 11 is 0. The molecular weight excluding hydrogens is 861 g/mol. The number of hydrogen-bond donors (Lipinski definition) is 0. The number of aromatic nitrogens is 1. The number of para-hydroxylation sites is 6. The van der Waals surface area contributed by atoms with E-state index in [4.69, 9.17) is 4.42 Å². The molecule has 0 N–H and O–H groups in total. The average Bonchev–Trinajstić information content (AvgIpc) is 4.00. The maximum Gasteiger partial charge on any atom is 0.143 e. The molecule has 0 radical (unpaired) electrons. The summed E-state index contributed by atoms with van der Waals surface area (Å²) in [4.78, 5) is 2.38. The van der Waals surface area contributed by atoms with Crippen LogP contribution >= 0.6 is 0 Å². The summed E-state index contributed by atoms with van der Waals surface area (Å²) in [5, 5.41) is 9.78. The summed E-state index contributed by atoms with van der Waals surface area (Å²) < 4.78 is 9.05. The van der Waals surface area contributed by atoms with Gasteiger partial charge in [-0.05, 0) is 110 Å². The van der Waals surface area contributed by atoms with Gasteiger partial charge < -0.3 is 13.9 Å². The van der Waals surface area contributed by atoms with Crippen molar-refractivity contribution < 1.29 is 4.42 Å². The van der Waals surface area contributed by atoms with E-state index < -0.39 is 0 Å². The number of furan rings is 1. The third-order valence-corrected chi connectivity index (χ3v) is 14.4.